The van der Waals surface area contributed by atoms with Gasteiger partial charge in [-0.25, -0.2) is 0 Å². The fourth-order valence-electron chi connectivity index (χ4n) is 2.36. The highest BCUT2D eigenvalue weighted by Crippen LogP contribution is 2.18. The van der Waals surface area contributed by atoms with Gasteiger partial charge in [0.25, 0.3) is 5.91 Å². The molecule has 0 bridgehead atoms. The van der Waals surface area contributed by atoms with Crippen molar-refractivity contribution in [2.45, 2.75) is 27.2 Å². The normalized spacial score (nSPS) is 10.8. The zero-order valence-electron chi connectivity index (χ0n) is 14.7. The van der Waals surface area contributed by atoms with Gasteiger partial charge in [0, 0.05) is 25.3 Å². The summed E-state index contributed by atoms with van der Waals surface area (Å²) >= 11 is 0. The van der Waals surface area contributed by atoms with Crippen LogP contribution in [0, 0.1) is 12.8 Å². The molecule has 1 heterocycles. The van der Waals surface area contributed by atoms with Crippen molar-refractivity contribution in [3.8, 4) is 11.3 Å². The predicted molar refractivity (Wildman–Crippen MR) is 97.0 cm³/mol. The quantitative estimate of drug-likeness (QED) is 0.750. The molecule has 4 nitrogen and oxygen atoms in total. The summed E-state index contributed by atoms with van der Waals surface area (Å²) in [7, 11) is 0. The first-order chi connectivity index (χ1) is 11.6. The third-order valence-electron chi connectivity index (χ3n) is 3.60. The second-order valence-corrected chi connectivity index (χ2v) is 6.27. The van der Waals surface area contributed by atoms with Crippen molar-refractivity contribution in [1.82, 2.24) is 10.3 Å². The Bertz CT molecular complexity index is 654. The van der Waals surface area contributed by atoms with Crippen molar-refractivity contribution < 1.29 is 9.53 Å². The molecule has 0 atom stereocenters. The molecule has 24 heavy (non-hydrogen) atoms. The minimum atomic E-state index is -0.0801. The van der Waals surface area contributed by atoms with Crippen LogP contribution >= 0.6 is 0 Å². The topological polar surface area (TPSA) is 51.2 Å². The molecule has 0 saturated heterocycles. The maximum absolute atomic E-state index is 12.3. The Kier molecular flexibility index (Phi) is 6.94. The van der Waals surface area contributed by atoms with E-state index in [1.54, 1.807) is 0 Å². The smallest absolute Gasteiger partial charge is 0.253 e. The molecule has 0 aliphatic carbocycles. The van der Waals surface area contributed by atoms with Gasteiger partial charge in [-0.05, 0) is 31.4 Å². The standard InChI is InChI=1S/C20H26N2O2/c1-15(2)14-24-13-7-12-21-20(23)18-10-11-19(22-16(18)3)17-8-5-4-6-9-17/h4-6,8-11,15H,7,12-14H2,1-3H3,(H,21,23). The van der Waals surface area contributed by atoms with Gasteiger partial charge in [0.05, 0.1) is 17.0 Å². The molecule has 0 spiro atoms. The van der Waals surface area contributed by atoms with Crippen LogP contribution in [0.1, 0.15) is 36.3 Å². The zero-order valence-corrected chi connectivity index (χ0v) is 14.7. The number of ether oxygens (including phenoxy) is 1. The molecule has 4 heteroatoms. The lowest BCUT2D eigenvalue weighted by Gasteiger charge is -2.10. The lowest BCUT2D eigenvalue weighted by Crippen LogP contribution is -2.26. The van der Waals surface area contributed by atoms with E-state index in [0.717, 1.165) is 30.0 Å². The van der Waals surface area contributed by atoms with E-state index in [9.17, 15) is 4.79 Å². The molecule has 0 saturated carbocycles. The molecule has 2 rings (SSSR count). The van der Waals surface area contributed by atoms with Gasteiger partial charge < -0.3 is 10.1 Å². The van der Waals surface area contributed by atoms with Gasteiger partial charge >= 0.3 is 0 Å². The van der Waals surface area contributed by atoms with Crippen LogP contribution in [0.15, 0.2) is 42.5 Å². The summed E-state index contributed by atoms with van der Waals surface area (Å²) in [6.45, 7) is 8.15. The molecular formula is C20H26N2O2. The van der Waals surface area contributed by atoms with Gasteiger partial charge in [0.2, 0.25) is 0 Å². The number of aromatic nitrogens is 1. The molecule has 1 aromatic carbocycles. The van der Waals surface area contributed by atoms with Crippen molar-refractivity contribution in [3.05, 3.63) is 53.7 Å². The largest absolute Gasteiger partial charge is 0.381 e. The molecule has 0 radical (unpaired) electrons. The maximum Gasteiger partial charge on any atom is 0.253 e. The van der Waals surface area contributed by atoms with E-state index in [0.29, 0.717) is 24.6 Å². The monoisotopic (exact) mass is 326 g/mol. The first-order valence-electron chi connectivity index (χ1n) is 8.47. The SMILES string of the molecule is Cc1nc(-c2ccccc2)ccc1C(=O)NCCCOCC(C)C. The second-order valence-electron chi connectivity index (χ2n) is 6.27. The number of nitrogens with zero attached hydrogens (tertiary/aromatic N) is 1. The van der Waals surface area contributed by atoms with Crippen LogP contribution in [0.4, 0.5) is 0 Å². The van der Waals surface area contributed by atoms with Crippen molar-refractivity contribution in [3.63, 3.8) is 0 Å². The summed E-state index contributed by atoms with van der Waals surface area (Å²) in [4.78, 5) is 16.8. The number of amides is 1. The van der Waals surface area contributed by atoms with Gasteiger partial charge in [-0.1, -0.05) is 44.2 Å². The molecule has 0 unspecified atom stereocenters. The minimum Gasteiger partial charge on any atom is -0.381 e. The predicted octanol–water partition coefficient (Wildman–Crippen LogP) is 3.85. The number of carbonyl (C=O) groups excluding carboxylic acids is 1. The zero-order chi connectivity index (χ0) is 17.4. The van der Waals surface area contributed by atoms with Gasteiger partial charge in [-0.2, -0.15) is 0 Å². The summed E-state index contributed by atoms with van der Waals surface area (Å²) < 4.78 is 5.51. The summed E-state index contributed by atoms with van der Waals surface area (Å²) in [5, 5.41) is 2.93. The Balaban J connectivity index is 1.86. The first kappa shape index (κ1) is 18.1. The van der Waals surface area contributed by atoms with E-state index in [4.69, 9.17) is 4.74 Å². The average Bonchev–Trinajstić information content (AvgIpc) is 2.58. The van der Waals surface area contributed by atoms with Crippen molar-refractivity contribution >= 4 is 5.91 Å². The van der Waals surface area contributed by atoms with Crippen LogP contribution in [0.2, 0.25) is 0 Å². The second kappa shape index (κ2) is 9.18. The molecule has 0 fully saturated rings. The van der Waals surface area contributed by atoms with Crippen molar-refractivity contribution in [2.24, 2.45) is 5.92 Å². The van der Waals surface area contributed by atoms with E-state index >= 15 is 0 Å². The van der Waals surface area contributed by atoms with Gasteiger partial charge in [0.15, 0.2) is 0 Å². The number of aryl methyl sites for hydroxylation is 1. The fourth-order valence-corrected chi connectivity index (χ4v) is 2.36. The average molecular weight is 326 g/mol. The lowest BCUT2D eigenvalue weighted by molar-refractivity contribution is 0.0924. The molecule has 128 valence electrons. The fraction of sp³-hybridized carbons (Fsp3) is 0.400. The van der Waals surface area contributed by atoms with Crippen LogP contribution < -0.4 is 5.32 Å². The molecule has 0 aliphatic rings. The Hall–Kier alpha value is -2.20. The number of hydrogen-bond acceptors (Lipinski definition) is 3. The van der Waals surface area contributed by atoms with E-state index in [2.05, 4.69) is 24.1 Å². The summed E-state index contributed by atoms with van der Waals surface area (Å²) in [6, 6.07) is 13.7. The molecule has 1 amide bonds. The highest BCUT2D eigenvalue weighted by molar-refractivity contribution is 5.95. The third kappa shape index (κ3) is 5.46. The van der Waals surface area contributed by atoms with Gasteiger partial charge in [-0.15, -0.1) is 0 Å². The van der Waals surface area contributed by atoms with Gasteiger partial charge in [0.1, 0.15) is 0 Å². The molecule has 1 N–H and O–H groups in total. The molecular weight excluding hydrogens is 300 g/mol. The van der Waals surface area contributed by atoms with Crippen LogP contribution in [-0.2, 0) is 4.74 Å². The molecule has 1 aromatic heterocycles. The van der Waals surface area contributed by atoms with Crippen molar-refractivity contribution in [2.75, 3.05) is 19.8 Å². The van der Waals surface area contributed by atoms with Gasteiger partial charge in [-0.3, -0.25) is 9.78 Å². The van der Waals surface area contributed by atoms with E-state index < -0.39 is 0 Å². The van der Waals surface area contributed by atoms with E-state index in [1.165, 1.54) is 0 Å². The highest BCUT2D eigenvalue weighted by atomic mass is 16.5. The third-order valence-corrected chi connectivity index (χ3v) is 3.60. The Morgan fingerprint density at radius 1 is 1.17 bits per heavy atom. The lowest BCUT2D eigenvalue weighted by atomic mass is 10.1. The summed E-state index contributed by atoms with van der Waals surface area (Å²) in [5.41, 5.74) is 3.30. The molecule has 0 aliphatic heterocycles. The van der Waals surface area contributed by atoms with Crippen molar-refractivity contribution in [1.29, 1.82) is 0 Å². The van der Waals surface area contributed by atoms with Crippen LogP contribution in [0.5, 0.6) is 0 Å². The van der Waals surface area contributed by atoms with E-state index in [-0.39, 0.29) is 5.91 Å². The highest BCUT2D eigenvalue weighted by Gasteiger charge is 2.10. The Morgan fingerprint density at radius 2 is 1.92 bits per heavy atom. The number of hydrogen-bond donors (Lipinski definition) is 1. The maximum atomic E-state index is 12.3. The molecule has 2 aromatic rings. The number of benzene rings is 1. The number of pyridine rings is 1. The summed E-state index contributed by atoms with van der Waals surface area (Å²) in [6.07, 6.45) is 0.813. The Labute approximate surface area is 144 Å². The van der Waals surface area contributed by atoms with Crippen LogP contribution in [0.3, 0.4) is 0 Å². The summed E-state index contributed by atoms with van der Waals surface area (Å²) in [5.74, 6) is 0.458. The first-order valence-corrected chi connectivity index (χ1v) is 8.47. The minimum absolute atomic E-state index is 0.0801. The number of carbonyl (C=O) groups is 1. The van der Waals surface area contributed by atoms with E-state index in [1.807, 2.05) is 49.4 Å². The van der Waals surface area contributed by atoms with Crippen LogP contribution in [0.25, 0.3) is 11.3 Å². The number of nitrogens with one attached hydrogen (secondary N) is 1. The number of rotatable bonds is 8. The Morgan fingerprint density at radius 3 is 2.58 bits per heavy atom. The van der Waals surface area contributed by atoms with Crippen LogP contribution in [-0.4, -0.2) is 30.6 Å².